The Labute approximate surface area is 220 Å². The van der Waals surface area contributed by atoms with Crippen molar-refractivity contribution in [3.05, 3.63) is 57.3 Å². The van der Waals surface area contributed by atoms with Gasteiger partial charge >= 0.3 is 0 Å². The van der Waals surface area contributed by atoms with Crippen LogP contribution in [-0.4, -0.2) is 65.8 Å². The summed E-state index contributed by atoms with van der Waals surface area (Å²) in [5, 5.41) is 2.21. The molecule has 2 amide bonds. The molecule has 0 radical (unpaired) electrons. The van der Waals surface area contributed by atoms with E-state index < -0.39 is 0 Å². The van der Waals surface area contributed by atoms with Crippen molar-refractivity contribution in [3.63, 3.8) is 0 Å². The van der Waals surface area contributed by atoms with E-state index in [-0.39, 0.29) is 17.9 Å². The fraction of sp³-hybridized carbons (Fsp3) is 0.600. The SMILES string of the molecule is Cc1ccccc1C1c2ccsc2CCN1CCC(=O)N1CCCN(C(=O)CCC2CCCC2)CC1. The third-order valence-electron chi connectivity index (χ3n) is 8.60. The second-order valence-electron chi connectivity index (χ2n) is 10.9. The lowest BCUT2D eigenvalue weighted by Crippen LogP contribution is -2.41. The van der Waals surface area contributed by atoms with E-state index in [1.807, 2.05) is 21.1 Å². The molecule has 0 bridgehead atoms. The molecule has 0 N–H and O–H groups in total. The van der Waals surface area contributed by atoms with E-state index in [1.54, 1.807) is 0 Å². The normalized spacial score (nSPS) is 21.4. The number of carbonyl (C=O) groups excluding carboxylic acids is 2. The van der Waals surface area contributed by atoms with Crippen LogP contribution in [0.4, 0.5) is 0 Å². The second kappa shape index (κ2) is 11.9. The van der Waals surface area contributed by atoms with Gasteiger partial charge in [0.05, 0.1) is 6.04 Å². The van der Waals surface area contributed by atoms with E-state index >= 15 is 0 Å². The Morgan fingerprint density at radius 3 is 2.33 bits per heavy atom. The molecule has 5 nitrogen and oxygen atoms in total. The quantitative estimate of drug-likeness (QED) is 0.502. The molecule has 2 fully saturated rings. The van der Waals surface area contributed by atoms with Gasteiger partial charge in [-0.25, -0.2) is 0 Å². The third kappa shape index (κ3) is 5.86. The molecule has 0 spiro atoms. The number of rotatable bonds is 7. The molecule has 1 aliphatic carbocycles. The minimum Gasteiger partial charge on any atom is -0.341 e. The molecule has 5 rings (SSSR count). The van der Waals surface area contributed by atoms with Gasteiger partial charge in [-0.1, -0.05) is 49.9 Å². The van der Waals surface area contributed by atoms with Gasteiger partial charge in [0.2, 0.25) is 11.8 Å². The molecule has 3 heterocycles. The first-order valence-electron chi connectivity index (χ1n) is 14.0. The van der Waals surface area contributed by atoms with Gasteiger partial charge in [-0.3, -0.25) is 14.5 Å². The number of carbonyl (C=O) groups is 2. The maximum absolute atomic E-state index is 13.3. The molecule has 2 aliphatic heterocycles. The van der Waals surface area contributed by atoms with Crippen LogP contribution in [0.15, 0.2) is 35.7 Å². The summed E-state index contributed by atoms with van der Waals surface area (Å²) in [6.45, 7) is 6.86. The summed E-state index contributed by atoms with van der Waals surface area (Å²) in [5.41, 5.74) is 4.07. The van der Waals surface area contributed by atoms with Crippen molar-refractivity contribution in [2.45, 2.75) is 70.8 Å². The van der Waals surface area contributed by atoms with Crippen LogP contribution in [0.25, 0.3) is 0 Å². The van der Waals surface area contributed by atoms with Gasteiger partial charge in [0.25, 0.3) is 0 Å². The highest BCUT2D eigenvalue weighted by Gasteiger charge is 2.31. The Kier molecular flexibility index (Phi) is 8.43. The molecule has 194 valence electrons. The van der Waals surface area contributed by atoms with Gasteiger partial charge in [0.15, 0.2) is 0 Å². The van der Waals surface area contributed by atoms with Crippen LogP contribution >= 0.6 is 11.3 Å². The topological polar surface area (TPSA) is 43.9 Å². The molecular formula is C30H41N3O2S. The van der Waals surface area contributed by atoms with E-state index in [2.05, 4.69) is 47.5 Å². The zero-order chi connectivity index (χ0) is 24.9. The maximum atomic E-state index is 13.3. The molecule has 1 aromatic heterocycles. The van der Waals surface area contributed by atoms with E-state index in [1.165, 1.54) is 47.3 Å². The summed E-state index contributed by atoms with van der Waals surface area (Å²) in [6, 6.07) is 11.2. The number of nitrogens with zero attached hydrogens (tertiary/aromatic N) is 3. The van der Waals surface area contributed by atoms with Crippen molar-refractivity contribution in [1.29, 1.82) is 0 Å². The van der Waals surface area contributed by atoms with Gasteiger partial charge in [-0.15, -0.1) is 11.3 Å². The van der Waals surface area contributed by atoms with E-state index in [4.69, 9.17) is 0 Å². The summed E-state index contributed by atoms with van der Waals surface area (Å²) in [6.07, 6.45) is 9.46. The fourth-order valence-electron chi connectivity index (χ4n) is 6.47. The van der Waals surface area contributed by atoms with Gasteiger partial charge in [-0.05, 0) is 60.2 Å². The molecule has 2 aromatic rings. The highest BCUT2D eigenvalue weighted by molar-refractivity contribution is 7.10. The largest absolute Gasteiger partial charge is 0.341 e. The molecule has 1 saturated heterocycles. The lowest BCUT2D eigenvalue weighted by molar-refractivity contribution is -0.134. The number of hydrogen-bond acceptors (Lipinski definition) is 4. The Morgan fingerprint density at radius 2 is 1.58 bits per heavy atom. The van der Waals surface area contributed by atoms with Crippen LogP contribution in [-0.2, 0) is 16.0 Å². The summed E-state index contributed by atoms with van der Waals surface area (Å²) in [7, 11) is 0. The van der Waals surface area contributed by atoms with Crippen molar-refractivity contribution in [2.24, 2.45) is 5.92 Å². The summed E-state index contributed by atoms with van der Waals surface area (Å²) in [5.74, 6) is 1.27. The molecule has 36 heavy (non-hydrogen) atoms. The predicted octanol–water partition coefficient (Wildman–Crippen LogP) is 5.43. The highest BCUT2D eigenvalue weighted by atomic mass is 32.1. The number of amides is 2. The Bertz CT molecular complexity index is 1040. The first kappa shape index (κ1) is 25.5. The maximum Gasteiger partial charge on any atom is 0.223 e. The first-order valence-corrected chi connectivity index (χ1v) is 14.9. The van der Waals surface area contributed by atoms with Gasteiger partial charge < -0.3 is 9.80 Å². The average molecular weight is 508 g/mol. The summed E-state index contributed by atoms with van der Waals surface area (Å²) in [4.78, 5) is 34.1. The Morgan fingerprint density at radius 1 is 0.861 bits per heavy atom. The zero-order valence-electron chi connectivity index (χ0n) is 21.8. The molecule has 1 saturated carbocycles. The van der Waals surface area contributed by atoms with Crippen LogP contribution in [0.3, 0.4) is 0 Å². The fourth-order valence-corrected chi connectivity index (χ4v) is 7.37. The lowest BCUT2D eigenvalue weighted by Gasteiger charge is -2.37. The van der Waals surface area contributed by atoms with Crippen LogP contribution in [0.2, 0.25) is 0 Å². The highest BCUT2D eigenvalue weighted by Crippen LogP contribution is 2.39. The van der Waals surface area contributed by atoms with Crippen LogP contribution in [0.1, 0.15) is 79.0 Å². The van der Waals surface area contributed by atoms with Crippen molar-refractivity contribution in [2.75, 3.05) is 39.3 Å². The number of benzene rings is 1. The van der Waals surface area contributed by atoms with Crippen molar-refractivity contribution < 1.29 is 9.59 Å². The Balaban J connectivity index is 1.16. The van der Waals surface area contributed by atoms with Gasteiger partial charge in [-0.2, -0.15) is 0 Å². The summed E-state index contributed by atoms with van der Waals surface area (Å²) < 4.78 is 0. The Hall–Kier alpha value is -2.18. The molecule has 1 unspecified atom stereocenters. The smallest absolute Gasteiger partial charge is 0.223 e. The molecule has 1 atom stereocenters. The lowest BCUT2D eigenvalue weighted by atomic mass is 9.90. The van der Waals surface area contributed by atoms with E-state index in [0.717, 1.165) is 51.4 Å². The molecule has 3 aliphatic rings. The van der Waals surface area contributed by atoms with Gasteiger partial charge in [0.1, 0.15) is 0 Å². The minimum atomic E-state index is 0.228. The van der Waals surface area contributed by atoms with E-state index in [9.17, 15) is 9.59 Å². The van der Waals surface area contributed by atoms with E-state index in [0.29, 0.717) is 25.9 Å². The van der Waals surface area contributed by atoms with Crippen LogP contribution in [0, 0.1) is 12.8 Å². The zero-order valence-corrected chi connectivity index (χ0v) is 22.6. The average Bonchev–Trinajstić information content (AvgIpc) is 3.53. The van der Waals surface area contributed by atoms with Crippen molar-refractivity contribution in [1.82, 2.24) is 14.7 Å². The third-order valence-corrected chi connectivity index (χ3v) is 9.60. The van der Waals surface area contributed by atoms with Crippen LogP contribution in [0.5, 0.6) is 0 Å². The van der Waals surface area contributed by atoms with Crippen LogP contribution < -0.4 is 0 Å². The predicted molar refractivity (Wildman–Crippen MR) is 146 cm³/mol. The van der Waals surface area contributed by atoms with Gasteiger partial charge in [0, 0.05) is 57.0 Å². The van der Waals surface area contributed by atoms with Crippen molar-refractivity contribution >= 4 is 23.2 Å². The monoisotopic (exact) mass is 507 g/mol. The first-order chi connectivity index (χ1) is 17.6. The summed E-state index contributed by atoms with van der Waals surface area (Å²) >= 11 is 1.86. The molecule has 1 aromatic carbocycles. The second-order valence-corrected chi connectivity index (χ2v) is 11.9. The number of hydrogen-bond donors (Lipinski definition) is 0. The van der Waals surface area contributed by atoms with Crippen molar-refractivity contribution in [3.8, 4) is 0 Å². The number of aryl methyl sites for hydroxylation is 1. The number of fused-ring (bicyclic) bond motifs is 1. The molecular weight excluding hydrogens is 466 g/mol. The number of thiophene rings is 1. The molecule has 6 heteroatoms. The minimum absolute atomic E-state index is 0.228. The standard InChI is InChI=1S/C30H41N3O2S/c1-23-7-2-5-10-25(23)30-26-15-22-36-27(26)13-18-33(30)19-14-29(35)32-17-6-16-31(20-21-32)28(34)12-11-24-8-3-4-9-24/h2,5,7,10,15,22,24,30H,3-4,6,8-9,11-14,16-21H2,1H3.